The molecule has 0 radical (unpaired) electrons. The summed E-state index contributed by atoms with van der Waals surface area (Å²) < 4.78 is 0. The summed E-state index contributed by atoms with van der Waals surface area (Å²) in [6.45, 7) is 1.32. The van der Waals surface area contributed by atoms with Crippen LogP contribution in [0.4, 0.5) is 0 Å². The van der Waals surface area contributed by atoms with Gasteiger partial charge >= 0.3 is 0 Å². The number of hydrogen-bond donors (Lipinski definition) is 1. The Morgan fingerprint density at radius 2 is 1.24 bits per heavy atom. The molecule has 4 nitrogen and oxygen atoms in total. The molecule has 1 heterocycles. The fourth-order valence-corrected chi connectivity index (χ4v) is 3.70. The zero-order chi connectivity index (χ0) is 20.1. The molecule has 0 unspecified atom stereocenters. The van der Waals surface area contributed by atoms with E-state index in [0.717, 1.165) is 24.0 Å². The minimum absolute atomic E-state index is 0.0579. The maximum atomic E-state index is 12.6. The molecule has 2 amide bonds. The van der Waals surface area contributed by atoms with Crippen LogP contribution in [0, 0.1) is 0 Å². The Balaban J connectivity index is 1.31. The van der Waals surface area contributed by atoms with Crippen LogP contribution in [0.1, 0.15) is 33.6 Å². The van der Waals surface area contributed by atoms with Crippen LogP contribution in [0.2, 0.25) is 0 Å². The van der Waals surface area contributed by atoms with E-state index in [2.05, 4.69) is 17.4 Å². The van der Waals surface area contributed by atoms with Crippen molar-refractivity contribution in [2.45, 2.75) is 18.9 Å². The molecule has 146 valence electrons. The lowest BCUT2D eigenvalue weighted by atomic mass is 10.0. The first-order valence-corrected chi connectivity index (χ1v) is 10.0. The second-order valence-electron chi connectivity index (χ2n) is 7.35. The van der Waals surface area contributed by atoms with Crippen molar-refractivity contribution in [3.8, 4) is 11.1 Å². The molecule has 1 fully saturated rings. The van der Waals surface area contributed by atoms with E-state index in [1.807, 2.05) is 77.7 Å². The molecule has 4 heteroatoms. The highest BCUT2D eigenvalue weighted by atomic mass is 16.2. The maximum Gasteiger partial charge on any atom is 0.253 e. The Morgan fingerprint density at radius 1 is 0.690 bits per heavy atom. The van der Waals surface area contributed by atoms with Crippen LogP contribution in [0.15, 0.2) is 84.9 Å². The number of nitrogens with zero attached hydrogens (tertiary/aromatic N) is 1. The molecule has 1 aliphatic rings. The number of carbonyl (C=O) groups excluding carboxylic acids is 2. The van der Waals surface area contributed by atoms with Gasteiger partial charge in [0, 0.05) is 30.3 Å². The van der Waals surface area contributed by atoms with Gasteiger partial charge in [0.15, 0.2) is 0 Å². The quantitative estimate of drug-likeness (QED) is 0.725. The lowest BCUT2D eigenvalue weighted by Crippen LogP contribution is -2.46. The maximum absolute atomic E-state index is 12.6. The smallest absolute Gasteiger partial charge is 0.253 e. The zero-order valence-electron chi connectivity index (χ0n) is 16.3. The van der Waals surface area contributed by atoms with E-state index in [-0.39, 0.29) is 17.9 Å². The van der Waals surface area contributed by atoms with Crippen LogP contribution < -0.4 is 5.32 Å². The molecule has 3 aromatic rings. The van der Waals surface area contributed by atoms with Gasteiger partial charge in [-0.2, -0.15) is 0 Å². The van der Waals surface area contributed by atoms with Gasteiger partial charge in [0.05, 0.1) is 0 Å². The number of carbonyl (C=O) groups is 2. The molecule has 3 aromatic carbocycles. The van der Waals surface area contributed by atoms with Crippen molar-refractivity contribution in [2.75, 3.05) is 13.1 Å². The molecule has 0 bridgehead atoms. The molecule has 0 aliphatic carbocycles. The van der Waals surface area contributed by atoms with Crippen molar-refractivity contribution in [3.05, 3.63) is 96.1 Å². The van der Waals surface area contributed by atoms with Gasteiger partial charge in [0.1, 0.15) is 0 Å². The first-order valence-electron chi connectivity index (χ1n) is 10.0. The summed E-state index contributed by atoms with van der Waals surface area (Å²) in [6, 6.07) is 27.2. The third-order valence-corrected chi connectivity index (χ3v) is 5.39. The van der Waals surface area contributed by atoms with E-state index in [1.165, 1.54) is 0 Å². The van der Waals surface area contributed by atoms with E-state index in [0.29, 0.717) is 24.2 Å². The van der Waals surface area contributed by atoms with Crippen molar-refractivity contribution in [1.82, 2.24) is 10.2 Å². The minimum Gasteiger partial charge on any atom is -0.349 e. The van der Waals surface area contributed by atoms with Crippen LogP contribution in [0.3, 0.4) is 0 Å². The summed E-state index contributed by atoms with van der Waals surface area (Å²) in [5.74, 6) is 0.00400. The van der Waals surface area contributed by atoms with Crippen molar-refractivity contribution in [3.63, 3.8) is 0 Å². The van der Waals surface area contributed by atoms with Crippen LogP contribution >= 0.6 is 0 Å². The Hall–Kier alpha value is -3.40. The monoisotopic (exact) mass is 384 g/mol. The van der Waals surface area contributed by atoms with Gasteiger partial charge in [-0.05, 0) is 48.2 Å². The van der Waals surface area contributed by atoms with E-state index in [1.54, 1.807) is 0 Å². The third-order valence-electron chi connectivity index (χ3n) is 5.39. The predicted octanol–water partition coefficient (Wildman–Crippen LogP) is 4.39. The van der Waals surface area contributed by atoms with Crippen LogP contribution in [-0.4, -0.2) is 35.8 Å². The van der Waals surface area contributed by atoms with E-state index in [4.69, 9.17) is 0 Å². The van der Waals surface area contributed by atoms with Crippen molar-refractivity contribution < 1.29 is 9.59 Å². The largest absolute Gasteiger partial charge is 0.349 e. The molecule has 0 spiro atoms. The number of likely N-dealkylation sites (tertiary alicyclic amines) is 1. The fourth-order valence-electron chi connectivity index (χ4n) is 3.70. The summed E-state index contributed by atoms with van der Waals surface area (Å²) in [4.78, 5) is 27.0. The topological polar surface area (TPSA) is 49.4 Å². The predicted molar refractivity (Wildman–Crippen MR) is 115 cm³/mol. The standard InChI is InChI=1S/C25H24N2O2/c28-24(21-13-11-20(12-14-21)19-7-3-1-4-8-19)26-23-15-17-27(18-16-23)25(29)22-9-5-2-6-10-22/h1-14,23H,15-18H2,(H,26,28). The van der Waals surface area contributed by atoms with Gasteiger partial charge < -0.3 is 10.2 Å². The second-order valence-corrected chi connectivity index (χ2v) is 7.35. The first kappa shape index (κ1) is 18.9. The van der Waals surface area contributed by atoms with E-state index >= 15 is 0 Å². The van der Waals surface area contributed by atoms with Crippen molar-refractivity contribution in [1.29, 1.82) is 0 Å². The van der Waals surface area contributed by atoms with E-state index in [9.17, 15) is 9.59 Å². The molecule has 1 saturated heterocycles. The fraction of sp³-hybridized carbons (Fsp3) is 0.200. The Bertz CT molecular complexity index is 961. The number of rotatable bonds is 4. The average molecular weight is 384 g/mol. The third kappa shape index (κ3) is 4.54. The summed E-state index contributed by atoms with van der Waals surface area (Å²) in [5.41, 5.74) is 3.60. The van der Waals surface area contributed by atoms with Gasteiger partial charge in [-0.3, -0.25) is 9.59 Å². The summed E-state index contributed by atoms with van der Waals surface area (Å²) >= 11 is 0. The Morgan fingerprint density at radius 3 is 1.86 bits per heavy atom. The van der Waals surface area contributed by atoms with Crippen molar-refractivity contribution in [2.24, 2.45) is 0 Å². The molecule has 0 atom stereocenters. The number of nitrogens with one attached hydrogen (secondary N) is 1. The van der Waals surface area contributed by atoms with Gasteiger partial charge in [0.25, 0.3) is 11.8 Å². The van der Waals surface area contributed by atoms with Crippen molar-refractivity contribution >= 4 is 11.8 Å². The van der Waals surface area contributed by atoms with Gasteiger partial charge in [0.2, 0.25) is 0 Å². The van der Waals surface area contributed by atoms with Crippen LogP contribution in [-0.2, 0) is 0 Å². The molecule has 4 rings (SSSR count). The minimum atomic E-state index is -0.0579. The SMILES string of the molecule is O=C(NC1CCN(C(=O)c2ccccc2)CC1)c1ccc(-c2ccccc2)cc1. The Labute approximate surface area is 171 Å². The highest BCUT2D eigenvalue weighted by molar-refractivity contribution is 5.95. The van der Waals surface area contributed by atoms with Gasteiger partial charge in [-0.1, -0.05) is 60.7 Å². The highest BCUT2D eigenvalue weighted by Crippen LogP contribution is 2.20. The number of hydrogen-bond acceptors (Lipinski definition) is 2. The Kier molecular flexibility index (Phi) is 5.71. The van der Waals surface area contributed by atoms with Gasteiger partial charge in [-0.25, -0.2) is 0 Å². The summed E-state index contributed by atoms with van der Waals surface area (Å²) in [5, 5.41) is 3.12. The van der Waals surface area contributed by atoms with Gasteiger partial charge in [-0.15, -0.1) is 0 Å². The van der Waals surface area contributed by atoms with E-state index < -0.39 is 0 Å². The summed E-state index contributed by atoms with van der Waals surface area (Å²) in [7, 11) is 0. The first-order chi connectivity index (χ1) is 14.2. The molecule has 1 N–H and O–H groups in total. The molecule has 0 saturated carbocycles. The second kappa shape index (κ2) is 8.74. The molecule has 0 aromatic heterocycles. The molecular formula is C25H24N2O2. The molecule has 1 aliphatic heterocycles. The average Bonchev–Trinajstić information content (AvgIpc) is 2.80. The van der Waals surface area contributed by atoms with Crippen LogP contribution in [0.5, 0.6) is 0 Å². The zero-order valence-corrected chi connectivity index (χ0v) is 16.3. The highest BCUT2D eigenvalue weighted by Gasteiger charge is 2.24. The molecular weight excluding hydrogens is 360 g/mol. The number of benzene rings is 3. The number of amides is 2. The van der Waals surface area contributed by atoms with Crippen LogP contribution in [0.25, 0.3) is 11.1 Å². The summed E-state index contributed by atoms with van der Waals surface area (Å²) in [6.07, 6.45) is 1.54. The molecule has 29 heavy (non-hydrogen) atoms. The number of piperidine rings is 1. The lowest BCUT2D eigenvalue weighted by molar-refractivity contribution is 0.0698. The normalized spacial score (nSPS) is 14.4. The lowest BCUT2D eigenvalue weighted by Gasteiger charge is -2.32.